The Morgan fingerprint density at radius 2 is 2.04 bits per heavy atom. The van der Waals surface area contributed by atoms with E-state index in [0.29, 0.717) is 10.8 Å². The van der Waals surface area contributed by atoms with Crippen LogP contribution in [0.2, 0.25) is 5.02 Å². The molecule has 1 atom stereocenters. The van der Waals surface area contributed by atoms with Gasteiger partial charge in [-0.25, -0.2) is 0 Å². The Hall–Kier alpha value is -2.93. The van der Waals surface area contributed by atoms with Crippen molar-refractivity contribution in [2.24, 2.45) is 0 Å². The fourth-order valence-corrected chi connectivity index (χ4v) is 2.58. The van der Waals surface area contributed by atoms with Crippen LogP contribution < -0.4 is 10.9 Å². The summed E-state index contributed by atoms with van der Waals surface area (Å²) in [5.74, 6) is 0.226. The second-order valence-corrected chi connectivity index (χ2v) is 6.60. The van der Waals surface area contributed by atoms with Crippen molar-refractivity contribution in [3.8, 4) is 22.8 Å². The first-order valence-electron chi connectivity index (χ1n) is 8.56. The van der Waals surface area contributed by atoms with Crippen LogP contribution >= 0.6 is 11.6 Å². The molecule has 0 aliphatic carbocycles. The quantitative estimate of drug-likeness (QED) is 0.702. The minimum Gasteiger partial charge on any atom is -0.352 e. The zero-order valence-corrected chi connectivity index (χ0v) is 15.7. The minimum atomic E-state index is -0.372. The Kier molecular flexibility index (Phi) is 5.71. The molecule has 0 saturated carbocycles. The molecule has 1 N–H and O–H groups in total. The van der Waals surface area contributed by atoms with Gasteiger partial charge < -0.3 is 14.4 Å². The van der Waals surface area contributed by atoms with Crippen molar-refractivity contribution in [3.63, 3.8) is 0 Å². The van der Waals surface area contributed by atoms with Gasteiger partial charge in [-0.1, -0.05) is 23.7 Å². The number of hydrogen-bond acceptors (Lipinski definition) is 5. The number of amides is 1. The predicted octanol–water partition coefficient (Wildman–Crippen LogP) is 3.13. The normalized spacial score (nSPS) is 12.0. The van der Waals surface area contributed by atoms with Crippen molar-refractivity contribution in [3.05, 3.63) is 58.0 Å². The highest BCUT2D eigenvalue weighted by molar-refractivity contribution is 6.30. The first-order valence-corrected chi connectivity index (χ1v) is 8.94. The maximum atomic E-state index is 12.7. The van der Waals surface area contributed by atoms with E-state index in [-0.39, 0.29) is 35.5 Å². The van der Waals surface area contributed by atoms with Crippen LogP contribution in [0, 0.1) is 0 Å². The molecule has 0 aliphatic rings. The number of pyridine rings is 1. The highest BCUT2D eigenvalue weighted by Gasteiger charge is 2.16. The van der Waals surface area contributed by atoms with Gasteiger partial charge in [0, 0.05) is 22.8 Å². The number of benzene rings is 1. The molecule has 2 heterocycles. The topological polar surface area (TPSA) is 90.0 Å². The molecule has 0 fully saturated rings. The summed E-state index contributed by atoms with van der Waals surface area (Å²) in [6.45, 7) is 3.81. The van der Waals surface area contributed by atoms with Crippen molar-refractivity contribution in [2.75, 3.05) is 0 Å². The third-order valence-corrected chi connectivity index (χ3v) is 4.36. The monoisotopic (exact) mass is 386 g/mol. The molecule has 0 aliphatic heterocycles. The van der Waals surface area contributed by atoms with Crippen LogP contribution in [0.15, 0.2) is 51.9 Å². The maximum absolute atomic E-state index is 12.7. The van der Waals surface area contributed by atoms with Crippen molar-refractivity contribution < 1.29 is 9.32 Å². The number of halogens is 1. The largest absolute Gasteiger partial charge is 0.352 e. The van der Waals surface area contributed by atoms with E-state index < -0.39 is 0 Å². The molecule has 140 valence electrons. The van der Waals surface area contributed by atoms with E-state index in [1.807, 2.05) is 13.8 Å². The lowest BCUT2D eigenvalue weighted by molar-refractivity contribution is -0.122. The zero-order chi connectivity index (χ0) is 19.4. The van der Waals surface area contributed by atoms with Gasteiger partial charge in [0.1, 0.15) is 12.1 Å². The highest BCUT2D eigenvalue weighted by Crippen LogP contribution is 2.21. The molecule has 3 aromatic rings. The standard InChI is InChI=1S/C19H19ClN4O3/c1-3-12(2)21-16(25)11-24-10-4-5-15(19(24)26)18-22-17(23-27-18)13-6-8-14(20)9-7-13/h4-10,12H,3,11H2,1-2H3,(H,21,25). The summed E-state index contributed by atoms with van der Waals surface area (Å²) in [7, 11) is 0. The zero-order valence-electron chi connectivity index (χ0n) is 15.0. The lowest BCUT2D eigenvalue weighted by Crippen LogP contribution is -2.37. The van der Waals surface area contributed by atoms with Gasteiger partial charge in [-0.05, 0) is 49.7 Å². The Labute approximate surface area is 161 Å². The molecule has 27 heavy (non-hydrogen) atoms. The van der Waals surface area contributed by atoms with Crippen LogP contribution in [0.5, 0.6) is 0 Å². The van der Waals surface area contributed by atoms with E-state index in [2.05, 4.69) is 15.5 Å². The Bertz CT molecular complexity index is 995. The molecular weight excluding hydrogens is 368 g/mol. The van der Waals surface area contributed by atoms with Crippen molar-refractivity contribution in [2.45, 2.75) is 32.9 Å². The second-order valence-electron chi connectivity index (χ2n) is 6.16. The van der Waals surface area contributed by atoms with Gasteiger partial charge in [-0.2, -0.15) is 4.98 Å². The van der Waals surface area contributed by atoms with E-state index in [9.17, 15) is 9.59 Å². The third kappa shape index (κ3) is 4.43. The van der Waals surface area contributed by atoms with Gasteiger partial charge in [0.15, 0.2) is 0 Å². The molecule has 1 amide bonds. The molecule has 2 aromatic heterocycles. The van der Waals surface area contributed by atoms with Crippen LogP contribution in [-0.2, 0) is 11.3 Å². The number of carbonyl (C=O) groups excluding carboxylic acids is 1. The van der Waals surface area contributed by atoms with Gasteiger partial charge >= 0.3 is 0 Å². The van der Waals surface area contributed by atoms with Crippen molar-refractivity contribution in [1.29, 1.82) is 0 Å². The number of aromatic nitrogens is 3. The summed E-state index contributed by atoms with van der Waals surface area (Å²) in [4.78, 5) is 29.0. The fourth-order valence-electron chi connectivity index (χ4n) is 2.45. The average Bonchev–Trinajstić information content (AvgIpc) is 3.13. The third-order valence-electron chi connectivity index (χ3n) is 4.11. The molecule has 0 saturated heterocycles. The Morgan fingerprint density at radius 3 is 2.74 bits per heavy atom. The molecule has 8 heteroatoms. The first kappa shape index (κ1) is 18.8. The van der Waals surface area contributed by atoms with Crippen LogP contribution in [0.25, 0.3) is 22.8 Å². The molecule has 3 rings (SSSR count). The Balaban J connectivity index is 1.85. The molecule has 1 unspecified atom stereocenters. The van der Waals surface area contributed by atoms with Crippen molar-refractivity contribution >= 4 is 17.5 Å². The fraction of sp³-hybridized carbons (Fsp3) is 0.263. The van der Waals surface area contributed by atoms with E-state index in [0.717, 1.165) is 12.0 Å². The SMILES string of the molecule is CCC(C)NC(=O)Cn1cccc(-c2nc(-c3ccc(Cl)cc3)no2)c1=O. The lowest BCUT2D eigenvalue weighted by Gasteiger charge is -2.12. The smallest absolute Gasteiger partial charge is 0.263 e. The molecule has 1 aromatic carbocycles. The number of rotatable bonds is 6. The molecule has 0 radical (unpaired) electrons. The van der Waals surface area contributed by atoms with Crippen LogP contribution in [0.4, 0.5) is 0 Å². The highest BCUT2D eigenvalue weighted by atomic mass is 35.5. The summed E-state index contributed by atoms with van der Waals surface area (Å²) in [5, 5.41) is 7.35. The van der Waals surface area contributed by atoms with E-state index in [1.165, 1.54) is 4.57 Å². The van der Waals surface area contributed by atoms with E-state index in [1.54, 1.807) is 42.6 Å². The summed E-state index contributed by atoms with van der Waals surface area (Å²) < 4.78 is 6.57. The van der Waals surface area contributed by atoms with E-state index >= 15 is 0 Å². The molecule has 0 bridgehead atoms. The van der Waals surface area contributed by atoms with Crippen molar-refractivity contribution in [1.82, 2.24) is 20.0 Å². The number of nitrogens with one attached hydrogen (secondary N) is 1. The Morgan fingerprint density at radius 1 is 1.30 bits per heavy atom. The first-order chi connectivity index (χ1) is 13.0. The summed E-state index contributed by atoms with van der Waals surface area (Å²) in [6.07, 6.45) is 2.37. The van der Waals surface area contributed by atoms with Gasteiger partial charge in [0.2, 0.25) is 11.7 Å². The van der Waals surface area contributed by atoms with Gasteiger partial charge in [0.25, 0.3) is 11.4 Å². The number of hydrogen-bond donors (Lipinski definition) is 1. The van der Waals surface area contributed by atoms with Crippen LogP contribution in [-0.4, -0.2) is 26.7 Å². The van der Waals surface area contributed by atoms with Gasteiger partial charge in [0.05, 0.1) is 0 Å². The minimum absolute atomic E-state index is 0.0502. The van der Waals surface area contributed by atoms with Gasteiger partial charge in [-0.15, -0.1) is 0 Å². The maximum Gasteiger partial charge on any atom is 0.263 e. The summed E-state index contributed by atoms with van der Waals surface area (Å²) in [5.41, 5.74) is 0.586. The molecule has 7 nitrogen and oxygen atoms in total. The van der Waals surface area contributed by atoms with Gasteiger partial charge in [-0.3, -0.25) is 9.59 Å². The number of nitrogens with zero attached hydrogens (tertiary/aromatic N) is 3. The lowest BCUT2D eigenvalue weighted by atomic mass is 10.2. The second kappa shape index (κ2) is 8.18. The summed E-state index contributed by atoms with van der Waals surface area (Å²) >= 11 is 5.88. The van der Waals surface area contributed by atoms with Crippen LogP contribution in [0.1, 0.15) is 20.3 Å². The molecular formula is C19H19ClN4O3. The van der Waals surface area contributed by atoms with E-state index in [4.69, 9.17) is 16.1 Å². The van der Waals surface area contributed by atoms with Crippen LogP contribution in [0.3, 0.4) is 0 Å². The molecule has 0 spiro atoms. The number of carbonyl (C=O) groups is 1. The summed E-state index contributed by atoms with van der Waals surface area (Å²) in [6, 6.07) is 10.3. The average molecular weight is 387 g/mol. The predicted molar refractivity (Wildman–Crippen MR) is 102 cm³/mol.